The summed E-state index contributed by atoms with van der Waals surface area (Å²) in [6, 6.07) is 46.8. The third-order valence-electron chi connectivity index (χ3n) is 7.86. The Labute approximate surface area is 247 Å². The Morgan fingerprint density at radius 2 is 1.19 bits per heavy atom. The lowest BCUT2D eigenvalue weighted by atomic mass is 10.1. The van der Waals surface area contributed by atoms with Gasteiger partial charge in [-0.05, 0) is 24.3 Å². The van der Waals surface area contributed by atoms with E-state index in [9.17, 15) is 0 Å². The second-order valence-electron chi connectivity index (χ2n) is 10.4. The summed E-state index contributed by atoms with van der Waals surface area (Å²) >= 11 is 0. The first kappa shape index (κ1) is 24.8. The SMILES string of the molecule is N=C(N=C(Nn1c2ccccc2c2c1cnc1c3ccccc3n(-c3ccccc3)c12)c1ccccc1)c1ccccc1. The van der Waals surface area contributed by atoms with Crippen LogP contribution in [0.25, 0.3) is 49.4 Å². The summed E-state index contributed by atoms with van der Waals surface area (Å²) in [5.74, 6) is 0.748. The molecule has 8 aromatic rings. The van der Waals surface area contributed by atoms with Gasteiger partial charge in [-0.3, -0.25) is 20.5 Å². The molecule has 43 heavy (non-hydrogen) atoms. The zero-order chi connectivity index (χ0) is 28.8. The summed E-state index contributed by atoms with van der Waals surface area (Å²) in [5, 5.41) is 12.1. The van der Waals surface area contributed by atoms with E-state index in [-0.39, 0.29) is 5.84 Å². The van der Waals surface area contributed by atoms with E-state index in [1.54, 1.807) is 0 Å². The maximum absolute atomic E-state index is 8.80. The molecular weight excluding hydrogens is 528 g/mol. The number of fused-ring (bicyclic) bond motifs is 7. The maximum atomic E-state index is 8.80. The maximum Gasteiger partial charge on any atom is 0.154 e. The number of nitrogens with one attached hydrogen (secondary N) is 2. The summed E-state index contributed by atoms with van der Waals surface area (Å²) in [6.07, 6.45) is 1.94. The normalized spacial score (nSPS) is 12.0. The van der Waals surface area contributed by atoms with Crippen LogP contribution in [-0.2, 0) is 0 Å². The Morgan fingerprint density at radius 1 is 0.605 bits per heavy atom. The Bertz CT molecular complexity index is 2310. The second-order valence-corrected chi connectivity index (χ2v) is 10.4. The fourth-order valence-corrected chi connectivity index (χ4v) is 5.93. The number of nitrogens with zero attached hydrogens (tertiary/aromatic N) is 4. The Hall–Kier alpha value is -6.01. The number of benzene rings is 5. The van der Waals surface area contributed by atoms with E-state index in [1.807, 2.05) is 83.7 Å². The molecule has 0 aliphatic carbocycles. The van der Waals surface area contributed by atoms with Gasteiger partial charge in [0.2, 0.25) is 0 Å². The number of rotatable bonds is 4. The van der Waals surface area contributed by atoms with Crippen molar-refractivity contribution in [2.75, 3.05) is 5.43 Å². The van der Waals surface area contributed by atoms with Gasteiger partial charge in [-0.15, -0.1) is 0 Å². The lowest BCUT2D eigenvalue weighted by Gasteiger charge is -2.14. The second kappa shape index (κ2) is 10.1. The molecule has 0 bridgehead atoms. The number of amidine groups is 2. The van der Waals surface area contributed by atoms with Crippen molar-refractivity contribution < 1.29 is 0 Å². The molecule has 3 aromatic heterocycles. The van der Waals surface area contributed by atoms with Gasteiger partial charge in [0.25, 0.3) is 0 Å². The van der Waals surface area contributed by atoms with Crippen LogP contribution in [0.5, 0.6) is 0 Å². The summed E-state index contributed by atoms with van der Waals surface area (Å²) in [4.78, 5) is 9.87. The third-order valence-corrected chi connectivity index (χ3v) is 7.86. The number of aliphatic imine (C=N–C) groups is 1. The molecule has 204 valence electrons. The highest BCUT2D eigenvalue weighted by Crippen LogP contribution is 2.39. The minimum Gasteiger partial charge on any atom is -0.307 e. The van der Waals surface area contributed by atoms with Gasteiger partial charge in [0.1, 0.15) is 0 Å². The predicted molar refractivity (Wildman–Crippen MR) is 177 cm³/mol. The van der Waals surface area contributed by atoms with Crippen LogP contribution < -0.4 is 5.43 Å². The average Bonchev–Trinajstić information content (AvgIpc) is 3.58. The van der Waals surface area contributed by atoms with Crippen molar-refractivity contribution in [1.82, 2.24) is 14.2 Å². The van der Waals surface area contributed by atoms with Gasteiger partial charge in [-0.1, -0.05) is 115 Å². The van der Waals surface area contributed by atoms with Crippen LogP contribution in [0.1, 0.15) is 11.1 Å². The molecule has 0 unspecified atom stereocenters. The molecule has 6 nitrogen and oxygen atoms in total. The van der Waals surface area contributed by atoms with E-state index in [2.05, 4.69) is 76.7 Å². The van der Waals surface area contributed by atoms with Crippen molar-refractivity contribution in [3.63, 3.8) is 0 Å². The van der Waals surface area contributed by atoms with Crippen LogP contribution in [0, 0.1) is 5.41 Å². The molecule has 0 saturated carbocycles. The molecule has 0 aliphatic heterocycles. The van der Waals surface area contributed by atoms with Crippen molar-refractivity contribution >= 4 is 55.4 Å². The molecule has 0 fully saturated rings. The van der Waals surface area contributed by atoms with Crippen LogP contribution in [0.15, 0.2) is 151 Å². The standard InChI is InChI=1S/C37H26N6/c38-36(25-14-4-1-5-15-25)40-37(26-16-6-2-7-17-26)41-43-31-23-13-10-20-28(31)33-32(43)24-39-34-29-21-11-12-22-30(29)42(35(33)34)27-18-8-3-9-19-27/h1-24H,(H2,38,40,41). The van der Waals surface area contributed by atoms with Crippen LogP contribution in [-0.4, -0.2) is 25.9 Å². The summed E-state index contributed by atoms with van der Waals surface area (Å²) in [6.45, 7) is 0. The molecule has 2 N–H and O–H groups in total. The number of aromatic nitrogens is 3. The molecule has 0 radical (unpaired) electrons. The number of pyridine rings is 1. The number of para-hydroxylation sites is 3. The van der Waals surface area contributed by atoms with Crippen molar-refractivity contribution in [3.05, 3.63) is 157 Å². The molecule has 5 aromatic carbocycles. The minimum atomic E-state index is 0.178. The summed E-state index contributed by atoms with van der Waals surface area (Å²) in [5.41, 5.74) is 11.3. The molecule has 0 saturated heterocycles. The van der Waals surface area contributed by atoms with Crippen LogP contribution in [0.4, 0.5) is 0 Å². The first-order valence-electron chi connectivity index (χ1n) is 14.2. The molecular formula is C37H26N6. The van der Waals surface area contributed by atoms with Gasteiger partial charge < -0.3 is 4.57 Å². The van der Waals surface area contributed by atoms with Gasteiger partial charge in [0, 0.05) is 33.0 Å². The van der Waals surface area contributed by atoms with E-state index in [4.69, 9.17) is 15.4 Å². The minimum absolute atomic E-state index is 0.178. The van der Waals surface area contributed by atoms with E-state index in [0.29, 0.717) is 5.84 Å². The van der Waals surface area contributed by atoms with Crippen LogP contribution in [0.3, 0.4) is 0 Å². The summed E-state index contributed by atoms with van der Waals surface area (Å²) < 4.78 is 4.36. The molecule has 0 amide bonds. The highest BCUT2D eigenvalue weighted by Gasteiger charge is 2.21. The lowest BCUT2D eigenvalue weighted by Crippen LogP contribution is -2.25. The van der Waals surface area contributed by atoms with Gasteiger partial charge in [0.05, 0.1) is 33.8 Å². The first-order chi connectivity index (χ1) is 21.3. The Kier molecular flexibility index (Phi) is 5.83. The summed E-state index contributed by atoms with van der Waals surface area (Å²) in [7, 11) is 0. The fraction of sp³-hybridized carbons (Fsp3) is 0. The van der Waals surface area contributed by atoms with Crippen LogP contribution in [0.2, 0.25) is 0 Å². The van der Waals surface area contributed by atoms with E-state index in [0.717, 1.165) is 60.6 Å². The molecule has 8 rings (SSSR count). The Balaban J connectivity index is 1.42. The highest BCUT2D eigenvalue weighted by atomic mass is 15.4. The number of hydrogen-bond donors (Lipinski definition) is 2. The quantitative estimate of drug-likeness (QED) is 0.170. The number of hydrogen-bond acceptors (Lipinski definition) is 2. The van der Waals surface area contributed by atoms with Gasteiger partial charge in [-0.25, -0.2) is 4.99 Å². The third kappa shape index (κ3) is 4.08. The van der Waals surface area contributed by atoms with Crippen molar-refractivity contribution in [2.45, 2.75) is 0 Å². The van der Waals surface area contributed by atoms with Crippen molar-refractivity contribution in [2.24, 2.45) is 4.99 Å². The van der Waals surface area contributed by atoms with Gasteiger partial charge in [-0.2, -0.15) is 0 Å². The average molecular weight is 555 g/mol. The van der Waals surface area contributed by atoms with Gasteiger partial charge >= 0.3 is 0 Å². The fourth-order valence-electron chi connectivity index (χ4n) is 5.93. The monoisotopic (exact) mass is 554 g/mol. The predicted octanol–water partition coefficient (Wildman–Crippen LogP) is 8.30. The van der Waals surface area contributed by atoms with Crippen molar-refractivity contribution in [1.29, 1.82) is 5.41 Å². The molecule has 6 heteroatoms. The van der Waals surface area contributed by atoms with Crippen molar-refractivity contribution in [3.8, 4) is 5.69 Å². The van der Waals surface area contributed by atoms with Gasteiger partial charge in [0.15, 0.2) is 11.7 Å². The van der Waals surface area contributed by atoms with E-state index >= 15 is 0 Å². The zero-order valence-electron chi connectivity index (χ0n) is 23.1. The van der Waals surface area contributed by atoms with E-state index < -0.39 is 0 Å². The molecule has 0 spiro atoms. The zero-order valence-corrected chi connectivity index (χ0v) is 23.1. The first-order valence-corrected chi connectivity index (χ1v) is 14.2. The topological polar surface area (TPSA) is 71.0 Å². The van der Waals surface area contributed by atoms with Crippen LogP contribution >= 0.6 is 0 Å². The molecule has 3 heterocycles. The smallest absolute Gasteiger partial charge is 0.154 e. The molecule has 0 aliphatic rings. The largest absolute Gasteiger partial charge is 0.307 e. The molecule has 0 atom stereocenters. The lowest BCUT2D eigenvalue weighted by molar-refractivity contribution is 1.07. The highest BCUT2D eigenvalue weighted by molar-refractivity contribution is 6.25. The Morgan fingerprint density at radius 3 is 1.91 bits per heavy atom. The van der Waals surface area contributed by atoms with E-state index in [1.165, 1.54) is 0 Å².